The number of carbonyl (C=O) groups excluding carboxylic acids is 2. The van der Waals surface area contributed by atoms with E-state index in [1.54, 1.807) is 12.1 Å². The summed E-state index contributed by atoms with van der Waals surface area (Å²) in [4.78, 5) is 38.6. The van der Waals surface area contributed by atoms with E-state index < -0.39 is 22.6 Å². The number of non-ortho nitro benzene ring substituents is 1. The van der Waals surface area contributed by atoms with E-state index in [2.05, 4.69) is 10.2 Å². The van der Waals surface area contributed by atoms with Crippen LogP contribution in [0, 0.1) is 10.1 Å². The molecule has 1 aliphatic heterocycles. The lowest BCUT2D eigenvalue weighted by Gasteiger charge is -2.36. The quantitative estimate of drug-likeness (QED) is 0.151. The maximum atomic E-state index is 13.4. The van der Waals surface area contributed by atoms with Crippen LogP contribution in [0.4, 0.5) is 24.0 Å². The van der Waals surface area contributed by atoms with E-state index in [0.717, 1.165) is 23.5 Å². The van der Waals surface area contributed by atoms with Gasteiger partial charge in [0.25, 0.3) is 5.69 Å². The van der Waals surface area contributed by atoms with Gasteiger partial charge in [0.15, 0.2) is 10.1 Å². The summed E-state index contributed by atoms with van der Waals surface area (Å²) in [6, 6.07) is 11.0. The Morgan fingerprint density at radius 3 is 2.66 bits per heavy atom. The van der Waals surface area contributed by atoms with Crippen molar-refractivity contribution in [2.45, 2.75) is 47.9 Å². The molecule has 2 aromatic carbocycles. The molecule has 38 heavy (non-hydrogen) atoms. The van der Waals surface area contributed by atoms with Crippen LogP contribution >= 0.6 is 23.1 Å². The fraction of sp³-hybridized carbons (Fsp3) is 0.280. The first-order valence-electron chi connectivity index (χ1n) is 11.6. The minimum Gasteiger partial charge on any atom is -0.294 e. The number of thioether (sulfide) groups is 1. The highest BCUT2D eigenvalue weighted by molar-refractivity contribution is 8.00. The number of anilines is 1. The number of ketones is 1. The highest BCUT2D eigenvalue weighted by atomic mass is 32.2. The third-order valence-electron chi connectivity index (χ3n) is 6.36. The monoisotopic (exact) mass is 560 g/mol. The zero-order valence-corrected chi connectivity index (χ0v) is 21.2. The number of nitrogens with zero attached hydrogens (tertiary/aromatic N) is 4. The number of alkyl halides is 3. The molecule has 0 N–H and O–H groups in total. The summed E-state index contributed by atoms with van der Waals surface area (Å²) in [6.07, 6.45) is -3.15. The Hall–Kier alpha value is -3.58. The van der Waals surface area contributed by atoms with Crippen molar-refractivity contribution >= 4 is 45.6 Å². The van der Waals surface area contributed by atoms with Crippen LogP contribution in [0.15, 0.2) is 64.1 Å². The Morgan fingerprint density at radius 2 is 1.89 bits per heavy atom. The van der Waals surface area contributed by atoms with E-state index in [-0.39, 0.29) is 34.7 Å². The van der Waals surface area contributed by atoms with Crippen LogP contribution in [0.2, 0.25) is 0 Å². The number of nitro groups is 1. The summed E-state index contributed by atoms with van der Waals surface area (Å²) < 4.78 is 39.5. The maximum Gasteiger partial charge on any atom is 0.416 e. The summed E-state index contributed by atoms with van der Waals surface area (Å²) in [5, 5.41) is 19.8. The van der Waals surface area contributed by atoms with Gasteiger partial charge in [-0.05, 0) is 30.0 Å². The number of nitro benzene ring substituents is 1. The number of rotatable bonds is 6. The molecule has 5 rings (SSSR count). The van der Waals surface area contributed by atoms with Gasteiger partial charge in [0, 0.05) is 47.9 Å². The Morgan fingerprint density at radius 1 is 1.11 bits per heavy atom. The number of hydrogen-bond donors (Lipinski definition) is 0. The molecule has 3 aromatic rings. The van der Waals surface area contributed by atoms with Crippen LogP contribution in [0.1, 0.15) is 48.3 Å². The molecule has 1 atom stereocenters. The van der Waals surface area contributed by atoms with Crippen LogP contribution in [-0.2, 0) is 21.5 Å². The fourth-order valence-corrected chi connectivity index (χ4v) is 6.52. The molecule has 1 aliphatic carbocycles. The molecule has 0 bridgehead atoms. The van der Waals surface area contributed by atoms with Crippen molar-refractivity contribution < 1.29 is 27.7 Å². The molecule has 196 valence electrons. The van der Waals surface area contributed by atoms with Gasteiger partial charge >= 0.3 is 6.18 Å². The van der Waals surface area contributed by atoms with Crippen molar-refractivity contribution in [1.29, 1.82) is 0 Å². The number of allylic oxidation sites excluding steroid dienone is 2. The van der Waals surface area contributed by atoms with Crippen molar-refractivity contribution in [2.24, 2.45) is 0 Å². The van der Waals surface area contributed by atoms with Gasteiger partial charge in [-0.15, -0.1) is 10.2 Å². The molecular formula is C25H19F3N4O4S2. The number of benzene rings is 2. The van der Waals surface area contributed by atoms with Gasteiger partial charge in [-0.2, -0.15) is 13.2 Å². The molecule has 0 radical (unpaired) electrons. The Kier molecular flexibility index (Phi) is 7.05. The summed E-state index contributed by atoms with van der Waals surface area (Å²) in [7, 11) is 0. The van der Waals surface area contributed by atoms with Gasteiger partial charge < -0.3 is 0 Å². The summed E-state index contributed by atoms with van der Waals surface area (Å²) >= 11 is 2.32. The summed E-state index contributed by atoms with van der Waals surface area (Å²) in [5.74, 6) is -0.776. The highest BCUT2D eigenvalue weighted by Crippen LogP contribution is 2.45. The zero-order chi connectivity index (χ0) is 27.0. The third kappa shape index (κ3) is 5.20. The van der Waals surface area contributed by atoms with E-state index in [1.165, 1.54) is 40.9 Å². The van der Waals surface area contributed by atoms with Crippen LogP contribution in [0.5, 0.6) is 0 Å². The molecule has 0 saturated carbocycles. The average molecular weight is 561 g/mol. The standard InChI is InChI=1S/C25H19F3N4O4S2/c26-25(27,28)16-6-1-4-14(10-16)13-37-24-30-29-23(38-24)31-19-8-3-9-20(33)22(19)18(12-21(31)34)15-5-2-7-17(11-15)32(35)36/h1-2,4-7,10-11,18H,3,8-9,12-13H2/t18-/m0/s1. The lowest BCUT2D eigenvalue weighted by molar-refractivity contribution is -0.384. The Bertz CT molecular complexity index is 1470. The smallest absolute Gasteiger partial charge is 0.294 e. The van der Waals surface area contributed by atoms with Gasteiger partial charge in [-0.3, -0.25) is 24.6 Å². The van der Waals surface area contributed by atoms with Gasteiger partial charge in [0.2, 0.25) is 11.0 Å². The molecule has 2 heterocycles. The zero-order valence-electron chi connectivity index (χ0n) is 19.6. The van der Waals surface area contributed by atoms with Crippen LogP contribution in [-0.4, -0.2) is 26.8 Å². The lowest BCUT2D eigenvalue weighted by atomic mass is 9.77. The van der Waals surface area contributed by atoms with Crippen molar-refractivity contribution in [2.75, 3.05) is 4.90 Å². The average Bonchev–Trinajstić information content (AvgIpc) is 3.35. The Labute approximate surface area is 222 Å². The summed E-state index contributed by atoms with van der Waals surface area (Å²) in [6.45, 7) is 0. The SMILES string of the molecule is O=C1CCCC2=C1[C@H](c1cccc([N+](=O)[O-])c1)CC(=O)N2c1nnc(SCc2cccc(C(F)(F)F)c2)s1. The molecule has 0 unspecified atom stereocenters. The highest BCUT2D eigenvalue weighted by Gasteiger charge is 2.41. The predicted molar refractivity (Wildman–Crippen MR) is 135 cm³/mol. The van der Waals surface area contributed by atoms with Crippen LogP contribution in [0.25, 0.3) is 0 Å². The minimum atomic E-state index is -4.43. The summed E-state index contributed by atoms with van der Waals surface area (Å²) in [5.41, 5.74) is 1.15. The molecule has 0 fully saturated rings. The predicted octanol–water partition coefficient (Wildman–Crippen LogP) is 6.29. The van der Waals surface area contributed by atoms with Crippen LogP contribution < -0.4 is 4.90 Å². The first kappa shape index (κ1) is 26.0. The van der Waals surface area contributed by atoms with Crippen molar-refractivity contribution in [1.82, 2.24) is 10.2 Å². The lowest BCUT2D eigenvalue weighted by Crippen LogP contribution is -2.40. The largest absolute Gasteiger partial charge is 0.416 e. The number of halogens is 3. The van der Waals surface area contributed by atoms with E-state index in [9.17, 15) is 32.9 Å². The van der Waals surface area contributed by atoms with Crippen LogP contribution in [0.3, 0.4) is 0 Å². The third-order valence-corrected chi connectivity index (χ3v) is 8.48. The minimum absolute atomic E-state index is 0.0575. The molecule has 0 spiro atoms. The molecular weight excluding hydrogens is 541 g/mol. The van der Waals surface area contributed by atoms with E-state index in [4.69, 9.17) is 0 Å². The van der Waals surface area contributed by atoms with Gasteiger partial charge in [0.05, 0.1) is 10.5 Å². The number of hydrogen-bond acceptors (Lipinski definition) is 8. The topological polar surface area (TPSA) is 106 Å². The number of Topliss-reactive ketones (excluding diaryl/α,β-unsaturated/α-hetero) is 1. The number of aromatic nitrogens is 2. The maximum absolute atomic E-state index is 13.4. The molecule has 0 saturated heterocycles. The van der Waals surface area contributed by atoms with E-state index in [1.807, 2.05) is 0 Å². The second-order valence-corrected chi connectivity index (χ2v) is 11.0. The van der Waals surface area contributed by atoms with E-state index in [0.29, 0.717) is 46.0 Å². The first-order valence-corrected chi connectivity index (χ1v) is 13.4. The van der Waals surface area contributed by atoms with Gasteiger partial charge in [0.1, 0.15) is 0 Å². The van der Waals surface area contributed by atoms with Gasteiger partial charge in [-0.25, -0.2) is 0 Å². The molecule has 2 aliphatic rings. The Balaban J connectivity index is 1.42. The molecule has 1 amide bonds. The van der Waals surface area contributed by atoms with E-state index >= 15 is 0 Å². The van der Waals surface area contributed by atoms with Gasteiger partial charge in [-0.1, -0.05) is 53.4 Å². The molecule has 1 aromatic heterocycles. The number of carbonyl (C=O) groups is 2. The second kappa shape index (κ2) is 10.3. The fourth-order valence-electron chi connectivity index (χ4n) is 4.69. The van der Waals surface area contributed by atoms with Crippen molar-refractivity contribution in [3.63, 3.8) is 0 Å². The molecule has 8 nitrogen and oxygen atoms in total. The van der Waals surface area contributed by atoms with Crippen molar-refractivity contribution in [3.05, 3.63) is 86.6 Å². The van der Waals surface area contributed by atoms with Crippen molar-refractivity contribution in [3.8, 4) is 0 Å². The first-order chi connectivity index (χ1) is 18.1. The second-order valence-electron chi connectivity index (χ2n) is 8.81. The number of amides is 1. The normalized spacial score (nSPS) is 18.1. The molecule has 13 heteroatoms.